The monoisotopic (exact) mass is 431 g/mol. The lowest BCUT2D eigenvalue weighted by molar-refractivity contribution is -0.00215. The molecule has 8 heteroatoms. The molecule has 0 spiro atoms. The van der Waals surface area contributed by atoms with Gasteiger partial charge in [-0.25, -0.2) is 8.42 Å². The van der Waals surface area contributed by atoms with E-state index in [0.29, 0.717) is 28.8 Å². The van der Waals surface area contributed by atoms with Gasteiger partial charge in [-0.3, -0.25) is 4.98 Å². The highest BCUT2D eigenvalue weighted by molar-refractivity contribution is 7.98. The quantitative estimate of drug-likeness (QED) is 0.622. The molecule has 0 radical (unpaired) electrons. The van der Waals surface area contributed by atoms with E-state index in [4.69, 9.17) is 27.9 Å². The molecule has 3 rings (SSSR count). The summed E-state index contributed by atoms with van der Waals surface area (Å²) in [6.45, 7) is 2.08. The number of thioether (sulfide) groups is 1. The summed E-state index contributed by atoms with van der Waals surface area (Å²) in [5, 5.41) is 0.891. The standard InChI is InChI=1S/C18H19Cl2NO3S2/c1-18(26(22,23)14-5-3-4-12(19)8-14)6-7-24-16(10-18)17-15(20)9-13(25-2)11-21-17/h3-5,8-9,11,16H,6-7,10H2,1-2H3. The van der Waals surface area contributed by atoms with Gasteiger partial charge >= 0.3 is 0 Å². The minimum absolute atomic E-state index is 0.227. The Labute approximate surface area is 168 Å². The van der Waals surface area contributed by atoms with Gasteiger partial charge in [-0.2, -0.15) is 0 Å². The van der Waals surface area contributed by atoms with Crippen molar-refractivity contribution in [1.29, 1.82) is 0 Å². The van der Waals surface area contributed by atoms with Crippen LogP contribution in [-0.4, -0.2) is 31.0 Å². The maximum Gasteiger partial charge on any atom is 0.184 e. The van der Waals surface area contributed by atoms with Crippen molar-refractivity contribution in [3.8, 4) is 0 Å². The van der Waals surface area contributed by atoms with Crippen molar-refractivity contribution in [1.82, 2.24) is 4.98 Å². The summed E-state index contributed by atoms with van der Waals surface area (Å²) in [6, 6.07) is 8.21. The first-order valence-corrected chi connectivity index (χ1v) is 11.5. The Hall–Kier alpha value is -0.790. The van der Waals surface area contributed by atoms with Crippen LogP contribution in [-0.2, 0) is 14.6 Å². The SMILES string of the molecule is CSc1cnc(C2CC(C)(S(=O)(=O)c3cccc(Cl)c3)CCO2)c(Cl)c1. The van der Waals surface area contributed by atoms with Crippen molar-refractivity contribution in [2.45, 2.75) is 40.4 Å². The molecule has 0 bridgehead atoms. The van der Waals surface area contributed by atoms with E-state index in [-0.39, 0.29) is 11.3 Å². The van der Waals surface area contributed by atoms with Crippen LogP contribution in [0.1, 0.15) is 31.6 Å². The maximum atomic E-state index is 13.3. The van der Waals surface area contributed by atoms with Crippen molar-refractivity contribution < 1.29 is 13.2 Å². The molecule has 2 atom stereocenters. The van der Waals surface area contributed by atoms with Crippen LogP contribution in [0.4, 0.5) is 0 Å². The number of ether oxygens (including phenoxy) is 1. The molecule has 0 amide bonds. The molecule has 2 heterocycles. The zero-order valence-electron chi connectivity index (χ0n) is 14.4. The number of benzene rings is 1. The van der Waals surface area contributed by atoms with E-state index in [2.05, 4.69) is 4.98 Å². The van der Waals surface area contributed by atoms with Gasteiger partial charge in [0.2, 0.25) is 0 Å². The maximum absolute atomic E-state index is 13.3. The first-order chi connectivity index (χ1) is 12.3. The largest absolute Gasteiger partial charge is 0.372 e. The van der Waals surface area contributed by atoms with E-state index in [1.807, 2.05) is 12.3 Å². The van der Waals surface area contributed by atoms with Crippen molar-refractivity contribution in [3.05, 3.63) is 52.3 Å². The second kappa shape index (κ2) is 7.68. The molecule has 0 saturated carbocycles. The molecule has 0 N–H and O–H groups in total. The molecule has 1 aliphatic heterocycles. The summed E-state index contributed by atoms with van der Waals surface area (Å²) in [4.78, 5) is 5.59. The van der Waals surface area contributed by atoms with E-state index in [1.54, 1.807) is 43.1 Å². The molecule has 1 saturated heterocycles. The normalized spacial score (nSPS) is 23.8. The zero-order valence-corrected chi connectivity index (χ0v) is 17.6. The average molecular weight is 432 g/mol. The molecular formula is C18H19Cl2NO3S2. The van der Waals surface area contributed by atoms with Crippen LogP contribution in [0.2, 0.25) is 10.0 Å². The van der Waals surface area contributed by atoms with Gasteiger partial charge in [0.15, 0.2) is 9.84 Å². The second-order valence-electron chi connectivity index (χ2n) is 6.47. The molecular weight excluding hydrogens is 413 g/mol. The van der Waals surface area contributed by atoms with Gasteiger partial charge in [-0.05, 0) is 50.3 Å². The predicted octanol–water partition coefficient (Wildman–Crippen LogP) is 5.19. The lowest BCUT2D eigenvalue weighted by Crippen LogP contribution is -2.42. The number of halogens is 2. The van der Waals surface area contributed by atoms with Crippen LogP contribution in [0, 0.1) is 0 Å². The first-order valence-electron chi connectivity index (χ1n) is 8.08. The van der Waals surface area contributed by atoms with Gasteiger partial charge in [0, 0.05) is 22.7 Å². The Balaban J connectivity index is 1.94. The summed E-state index contributed by atoms with van der Waals surface area (Å²) >= 11 is 13.9. The van der Waals surface area contributed by atoms with Gasteiger partial charge in [-0.1, -0.05) is 29.3 Å². The number of rotatable bonds is 4. The number of pyridine rings is 1. The Kier molecular flexibility index (Phi) is 5.89. The van der Waals surface area contributed by atoms with E-state index < -0.39 is 20.7 Å². The lowest BCUT2D eigenvalue weighted by Gasteiger charge is -2.37. The number of nitrogens with zero attached hydrogens (tertiary/aromatic N) is 1. The minimum atomic E-state index is -3.59. The van der Waals surface area contributed by atoms with Crippen LogP contribution in [0.25, 0.3) is 0 Å². The average Bonchev–Trinajstić information content (AvgIpc) is 2.61. The van der Waals surface area contributed by atoms with Crippen LogP contribution < -0.4 is 0 Å². The van der Waals surface area contributed by atoms with Gasteiger partial charge in [0.1, 0.15) is 6.10 Å². The lowest BCUT2D eigenvalue weighted by atomic mass is 9.94. The van der Waals surface area contributed by atoms with Gasteiger partial charge in [-0.15, -0.1) is 11.8 Å². The van der Waals surface area contributed by atoms with Gasteiger partial charge < -0.3 is 4.74 Å². The molecule has 4 nitrogen and oxygen atoms in total. The van der Waals surface area contributed by atoms with Crippen molar-refractivity contribution in [2.24, 2.45) is 0 Å². The number of hydrogen-bond acceptors (Lipinski definition) is 5. The van der Waals surface area contributed by atoms with E-state index >= 15 is 0 Å². The molecule has 2 aromatic rings. The number of hydrogen-bond donors (Lipinski definition) is 0. The molecule has 1 aliphatic rings. The van der Waals surface area contributed by atoms with Gasteiger partial charge in [0.25, 0.3) is 0 Å². The molecule has 26 heavy (non-hydrogen) atoms. The number of sulfone groups is 1. The molecule has 1 aromatic carbocycles. The first kappa shape index (κ1) is 20.0. The molecule has 140 valence electrons. The molecule has 0 aliphatic carbocycles. The van der Waals surface area contributed by atoms with Crippen molar-refractivity contribution in [2.75, 3.05) is 12.9 Å². The third-order valence-corrected chi connectivity index (χ3v) is 8.48. The fourth-order valence-corrected chi connectivity index (χ4v) is 5.92. The van der Waals surface area contributed by atoms with Crippen LogP contribution in [0.15, 0.2) is 46.3 Å². The van der Waals surface area contributed by atoms with Crippen LogP contribution in [0.5, 0.6) is 0 Å². The van der Waals surface area contributed by atoms with Crippen molar-refractivity contribution >= 4 is 44.8 Å². The summed E-state index contributed by atoms with van der Waals surface area (Å²) in [5.74, 6) is 0. The highest BCUT2D eigenvalue weighted by Gasteiger charge is 2.45. The van der Waals surface area contributed by atoms with E-state index in [1.165, 1.54) is 6.07 Å². The Morgan fingerprint density at radius 3 is 2.73 bits per heavy atom. The molecule has 1 aromatic heterocycles. The highest BCUT2D eigenvalue weighted by Crippen LogP contribution is 2.43. The Bertz CT molecular complexity index is 920. The van der Waals surface area contributed by atoms with Crippen LogP contribution >= 0.6 is 35.0 Å². The second-order valence-corrected chi connectivity index (χ2v) is 10.7. The highest BCUT2D eigenvalue weighted by atomic mass is 35.5. The number of aromatic nitrogens is 1. The predicted molar refractivity (Wildman–Crippen MR) is 106 cm³/mol. The summed E-state index contributed by atoms with van der Waals surface area (Å²) < 4.78 is 31.3. The minimum Gasteiger partial charge on any atom is -0.372 e. The fraction of sp³-hybridized carbons (Fsp3) is 0.389. The smallest absolute Gasteiger partial charge is 0.184 e. The third-order valence-electron chi connectivity index (χ3n) is 4.71. The Morgan fingerprint density at radius 2 is 2.08 bits per heavy atom. The summed E-state index contributed by atoms with van der Waals surface area (Å²) in [7, 11) is -3.59. The zero-order chi connectivity index (χ0) is 18.9. The summed E-state index contributed by atoms with van der Waals surface area (Å²) in [5.41, 5.74) is 0.580. The van der Waals surface area contributed by atoms with E-state index in [9.17, 15) is 8.42 Å². The molecule has 2 unspecified atom stereocenters. The fourth-order valence-electron chi connectivity index (χ4n) is 3.09. The van der Waals surface area contributed by atoms with Crippen LogP contribution in [0.3, 0.4) is 0 Å². The Morgan fingerprint density at radius 1 is 1.31 bits per heavy atom. The third kappa shape index (κ3) is 3.76. The van der Waals surface area contributed by atoms with E-state index in [0.717, 1.165) is 4.90 Å². The topological polar surface area (TPSA) is 56.3 Å². The summed E-state index contributed by atoms with van der Waals surface area (Å²) in [6.07, 6.45) is 3.89. The molecule has 1 fully saturated rings. The van der Waals surface area contributed by atoms with Crippen molar-refractivity contribution in [3.63, 3.8) is 0 Å². The van der Waals surface area contributed by atoms with Gasteiger partial charge in [0.05, 0.1) is 20.4 Å².